The molecule has 0 spiro atoms. The van der Waals surface area contributed by atoms with Crippen LogP contribution in [0.3, 0.4) is 0 Å². The van der Waals surface area contributed by atoms with Gasteiger partial charge in [-0.3, -0.25) is 9.59 Å². The van der Waals surface area contributed by atoms with Gasteiger partial charge in [0.1, 0.15) is 11.1 Å². The molecule has 2 atom stereocenters. The molecule has 2 aromatic rings. The first-order valence-electron chi connectivity index (χ1n) is 9.71. The number of pyridine rings is 1. The highest BCUT2D eigenvalue weighted by Crippen LogP contribution is 2.32. The summed E-state index contributed by atoms with van der Waals surface area (Å²) in [4.78, 5) is 28.7. The lowest BCUT2D eigenvalue weighted by Crippen LogP contribution is -2.25. The Morgan fingerprint density at radius 3 is 2.72 bits per heavy atom. The fourth-order valence-electron chi connectivity index (χ4n) is 3.40. The third-order valence-corrected chi connectivity index (χ3v) is 6.44. The van der Waals surface area contributed by atoms with Gasteiger partial charge in [0.05, 0.1) is 10.8 Å². The van der Waals surface area contributed by atoms with Crippen molar-refractivity contribution in [1.29, 1.82) is 5.26 Å². The Kier molecular flexibility index (Phi) is 6.55. The molecule has 0 saturated carbocycles. The van der Waals surface area contributed by atoms with Crippen molar-refractivity contribution >= 4 is 29.3 Å². The molecule has 2 amide bonds. The molecule has 0 bridgehead atoms. The third-order valence-electron chi connectivity index (χ3n) is 5.07. The van der Waals surface area contributed by atoms with E-state index in [1.807, 2.05) is 13.0 Å². The van der Waals surface area contributed by atoms with E-state index in [0.29, 0.717) is 34.2 Å². The highest BCUT2D eigenvalue weighted by atomic mass is 32.2. The molecule has 1 aliphatic carbocycles. The number of anilines is 1. The van der Waals surface area contributed by atoms with E-state index in [-0.39, 0.29) is 11.2 Å². The van der Waals surface area contributed by atoms with Crippen molar-refractivity contribution in [2.45, 2.75) is 49.8 Å². The van der Waals surface area contributed by atoms with E-state index in [1.54, 1.807) is 24.3 Å². The molecule has 150 valence electrons. The minimum Gasteiger partial charge on any atom is -0.366 e. The Balaban J connectivity index is 1.76. The SMILES string of the molecule is CCC(Sc1nc2c(cc1C#N)CC(C)CC2)C(=O)Nc1ccc(C(N)=O)cc1. The summed E-state index contributed by atoms with van der Waals surface area (Å²) in [6.07, 6.45) is 3.54. The molecule has 0 radical (unpaired) electrons. The number of nitriles is 1. The summed E-state index contributed by atoms with van der Waals surface area (Å²) in [6.45, 7) is 4.14. The highest BCUT2D eigenvalue weighted by molar-refractivity contribution is 8.00. The Morgan fingerprint density at radius 2 is 2.10 bits per heavy atom. The number of fused-ring (bicyclic) bond motifs is 1. The van der Waals surface area contributed by atoms with Crippen molar-refractivity contribution in [3.05, 3.63) is 52.7 Å². The first-order valence-corrected chi connectivity index (χ1v) is 10.6. The van der Waals surface area contributed by atoms with Gasteiger partial charge in [0.25, 0.3) is 0 Å². The zero-order valence-electron chi connectivity index (χ0n) is 16.6. The number of hydrogen-bond acceptors (Lipinski definition) is 5. The normalized spacial score (nSPS) is 16.4. The number of carbonyl (C=O) groups excluding carboxylic acids is 2. The summed E-state index contributed by atoms with van der Waals surface area (Å²) < 4.78 is 0. The number of rotatable bonds is 6. The van der Waals surface area contributed by atoms with E-state index in [9.17, 15) is 14.9 Å². The van der Waals surface area contributed by atoms with Gasteiger partial charge in [0.15, 0.2) is 0 Å². The summed E-state index contributed by atoms with van der Waals surface area (Å²) in [7, 11) is 0. The summed E-state index contributed by atoms with van der Waals surface area (Å²) >= 11 is 1.33. The highest BCUT2D eigenvalue weighted by Gasteiger charge is 2.24. The summed E-state index contributed by atoms with van der Waals surface area (Å²) in [5.41, 5.74) is 8.94. The maximum Gasteiger partial charge on any atom is 0.248 e. The van der Waals surface area contributed by atoms with Gasteiger partial charge in [0, 0.05) is 16.9 Å². The number of aromatic nitrogens is 1. The Bertz CT molecular complexity index is 966. The zero-order chi connectivity index (χ0) is 21.0. The maximum absolute atomic E-state index is 12.8. The number of primary amides is 1. The molecule has 3 rings (SSSR count). The van der Waals surface area contributed by atoms with Crippen molar-refractivity contribution in [2.24, 2.45) is 11.7 Å². The molecule has 0 fully saturated rings. The molecular formula is C22H24N4O2S. The molecule has 1 aromatic heterocycles. The minimum absolute atomic E-state index is 0.165. The first-order chi connectivity index (χ1) is 13.9. The van der Waals surface area contributed by atoms with Gasteiger partial charge in [0.2, 0.25) is 11.8 Å². The smallest absolute Gasteiger partial charge is 0.248 e. The fourth-order valence-corrected chi connectivity index (χ4v) is 4.39. The first kappa shape index (κ1) is 20.9. The van der Waals surface area contributed by atoms with Gasteiger partial charge in [-0.2, -0.15) is 5.26 Å². The summed E-state index contributed by atoms with van der Waals surface area (Å²) in [5, 5.41) is 12.7. The van der Waals surface area contributed by atoms with Gasteiger partial charge < -0.3 is 11.1 Å². The number of hydrogen-bond donors (Lipinski definition) is 2. The van der Waals surface area contributed by atoms with Crippen LogP contribution in [0.2, 0.25) is 0 Å². The van der Waals surface area contributed by atoms with Crippen LogP contribution in [0.4, 0.5) is 5.69 Å². The van der Waals surface area contributed by atoms with Crippen LogP contribution < -0.4 is 11.1 Å². The predicted molar refractivity (Wildman–Crippen MR) is 114 cm³/mol. The molecule has 7 heteroatoms. The van der Waals surface area contributed by atoms with Crippen molar-refractivity contribution in [3.8, 4) is 6.07 Å². The summed E-state index contributed by atoms with van der Waals surface area (Å²) in [5.74, 6) is -0.0763. The van der Waals surface area contributed by atoms with E-state index in [0.717, 1.165) is 30.5 Å². The molecule has 6 nitrogen and oxygen atoms in total. The quantitative estimate of drug-likeness (QED) is 0.709. The minimum atomic E-state index is -0.512. The van der Waals surface area contributed by atoms with E-state index in [2.05, 4.69) is 18.3 Å². The largest absolute Gasteiger partial charge is 0.366 e. The van der Waals surface area contributed by atoms with Crippen LogP contribution >= 0.6 is 11.8 Å². The number of amides is 2. The Morgan fingerprint density at radius 1 is 1.38 bits per heavy atom. The average Bonchev–Trinajstić information content (AvgIpc) is 2.71. The molecule has 0 aliphatic heterocycles. The fraction of sp³-hybridized carbons (Fsp3) is 0.364. The van der Waals surface area contributed by atoms with Gasteiger partial charge in [-0.05, 0) is 67.5 Å². The summed E-state index contributed by atoms with van der Waals surface area (Å²) in [6, 6.07) is 10.6. The van der Waals surface area contributed by atoms with E-state index in [1.165, 1.54) is 11.8 Å². The van der Waals surface area contributed by atoms with Crippen molar-refractivity contribution in [3.63, 3.8) is 0 Å². The number of benzene rings is 1. The number of carbonyl (C=O) groups is 2. The Labute approximate surface area is 174 Å². The molecule has 2 unspecified atom stereocenters. The molecule has 3 N–H and O–H groups in total. The van der Waals surface area contributed by atoms with Crippen molar-refractivity contribution in [1.82, 2.24) is 4.98 Å². The van der Waals surface area contributed by atoms with Crippen LogP contribution in [0.15, 0.2) is 35.4 Å². The van der Waals surface area contributed by atoms with Gasteiger partial charge >= 0.3 is 0 Å². The van der Waals surface area contributed by atoms with Crippen LogP contribution in [0, 0.1) is 17.2 Å². The average molecular weight is 409 g/mol. The molecule has 1 aromatic carbocycles. The van der Waals surface area contributed by atoms with Crippen LogP contribution in [-0.4, -0.2) is 22.0 Å². The van der Waals surface area contributed by atoms with Crippen LogP contribution in [0.25, 0.3) is 0 Å². The van der Waals surface area contributed by atoms with E-state index >= 15 is 0 Å². The molecule has 0 saturated heterocycles. The standard InChI is InChI=1S/C22H24N4O2S/c1-3-19(21(28)25-17-7-5-14(6-8-17)20(24)27)29-22-16(12-23)11-15-10-13(2)4-9-18(15)26-22/h5-8,11,13,19H,3-4,9-10H2,1-2H3,(H2,24,27)(H,25,28). The van der Waals surface area contributed by atoms with Gasteiger partial charge in [-0.1, -0.05) is 25.6 Å². The van der Waals surface area contributed by atoms with Crippen molar-refractivity contribution in [2.75, 3.05) is 5.32 Å². The molecule has 29 heavy (non-hydrogen) atoms. The number of nitrogens with one attached hydrogen (secondary N) is 1. The van der Waals surface area contributed by atoms with E-state index < -0.39 is 5.91 Å². The maximum atomic E-state index is 12.8. The number of thioether (sulfide) groups is 1. The lowest BCUT2D eigenvalue weighted by molar-refractivity contribution is -0.115. The van der Waals surface area contributed by atoms with E-state index in [4.69, 9.17) is 10.7 Å². The lowest BCUT2D eigenvalue weighted by atomic mass is 9.87. The monoisotopic (exact) mass is 408 g/mol. The third kappa shape index (κ3) is 4.96. The molecule has 1 aliphatic rings. The second-order valence-electron chi connectivity index (χ2n) is 7.35. The van der Waals surface area contributed by atoms with Gasteiger partial charge in [-0.15, -0.1) is 0 Å². The van der Waals surface area contributed by atoms with Gasteiger partial charge in [-0.25, -0.2) is 4.98 Å². The van der Waals surface area contributed by atoms with Crippen LogP contribution in [-0.2, 0) is 17.6 Å². The second-order valence-corrected chi connectivity index (χ2v) is 8.54. The lowest BCUT2D eigenvalue weighted by Gasteiger charge is -2.22. The van der Waals surface area contributed by atoms with Crippen LogP contribution in [0.1, 0.15) is 53.9 Å². The topological polar surface area (TPSA) is 109 Å². The Hall–Kier alpha value is -2.85. The molecule has 1 heterocycles. The second kappa shape index (κ2) is 9.10. The number of aryl methyl sites for hydroxylation is 1. The number of nitrogens with zero attached hydrogens (tertiary/aromatic N) is 2. The van der Waals surface area contributed by atoms with Crippen molar-refractivity contribution < 1.29 is 9.59 Å². The zero-order valence-corrected chi connectivity index (χ0v) is 17.4. The number of nitrogens with two attached hydrogens (primary N) is 1. The predicted octanol–water partition coefficient (Wildman–Crippen LogP) is 3.69. The van der Waals surface area contributed by atoms with Crippen LogP contribution in [0.5, 0.6) is 0 Å². The molecular weight excluding hydrogens is 384 g/mol.